The van der Waals surface area contributed by atoms with Crippen LogP contribution in [0.4, 0.5) is 18.3 Å². The van der Waals surface area contributed by atoms with Crippen LogP contribution in [0.5, 0.6) is 0 Å². The summed E-state index contributed by atoms with van der Waals surface area (Å²) in [6.45, 7) is 1.95. The molecule has 1 aliphatic heterocycles. The molecule has 1 aromatic heterocycles. The summed E-state index contributed by atoms with van der Waals surface area (Å²) in [4.78, 5) is 17.0. The summed E-state index contributed by atoms with van der Waals surface area (Å²) in [6.07, 6.45) is -4.37. The zero-order chi connectivity index (χ0) is 15.6. The molecule has 0 saturated carbocycles. The molecule has 4 nitrogen and oxygen atoms in total. The van der Waals surface area contributed by atoms with Crippen molar-refractivity contribution in [2.24, 2.45) is 5.92 Å². The number of halogens is 4. The number of hydrogen-bond donors (Lipinski definition) is 0. The van der Waals surface area contributed by atoms with Gasteiger partial charge in [0.1, 0.15) is 10.6 Å². The second-order valence-electron chi connectivity index (χ2n) is 4.68. The Bertz CT molecular complexity index is 509. The van der Waals surface area contributed by atoms with Gasteiger partial charge in [-0.15, -0.1) is 11.3 Å². The van der Waals surface area contributed by atoms with E-state index in [0.717, 1.165) is 11.3 Å². The molecule has 0 bridgehead atoms. The molecule has 9 heteroatoms. The number of alkyl halides is 3. The summed E-state index contributed by atoms with van der Waals surface area (Å²) in [5, 5.41) is 1.95. The summed E-state index contributed by atoms with van der Waals surface area (Å²) >= 11 is 4.29. The fraction of sp³-hybridized carbons (Fsp3) is 0.667. The van der Waals surface area contributed by atoms with Crippen molar-refractivity contribution in [2.75, 3.05) is 18.1 Å². The van der Waals surface area contributed by atoms with Crippen molar-refractivity contribution < 1.29 is 22.7 Å². The Morgan fingerprint density at radius 2 is 2.33 bits per heavy atom. The number of rotatable bonds is 3. The van der Waals surface area contributed by atoms with Gasteiger partial charge in [-0.25, -0.2) is 4.98 Å². The number of hydrogen-bond acceptors (Lipinski definition) is 5. The average molecular weight is 387 g/mol. The highest BCUT2D eigenvalue weighted by atomic mass is 79.9. The van der Waals surface area contributed by atoms with E-state index in [0.29, 0.717) is 16.2 Å². The molecule has 21 heavy (non-hydrogen) atoms. The highest BCUT2D eigenvalue weighted by Crippen LogP contribution is 2.39. The topological polar surface area (TPSA) is 42.4 Å². The number of carbonyl (C=O) groups excluding carboxylic acids is 1. The van der Waals surface area contributed by atoms with E-state index in [2.05, 4.69) is 20.9 Å². The maximum absolute atomic E-state index is 13.3. The third kappa shape index (κ3) is 3.88. The molecule has 1 aliphatic rings. The largest absolute Gasteiger partial charge is 0.466 e. The monoisotopic (exact) mass is 386 g/mol. The van der Waals surface area contributed by atoms with Crippen LogP contribution >= 0.6 is 27.3 Å². The van der Waals surface area contributed by atoms with Gasteiger partial charge in [-0.2, -0.15) is 13.2 Å². The van der Waals surface area contributed by atoms with Gasteiger partial charge in [-0.05, 0) is 35.7 Å². The molecule has 2 rings (SSSR count). The second kappa shape index (κ2) is 6.51. The van der Waals surface area contributed by atoms with Crippen LogP contribution in [0, 0.1) is 5.92 Å². The van der Waals surface area contributed by atoms with Gasteiger partial charge in [0.25, 0.3) is 0 Å². The van der Waals surface area contributed by atoms with Crippen molar-refractivity contribution in [1.82, 2.24) is 4.98 Å². The van der Waals surface area contributed by atoms with Gasteiger partial charge >= 0.3 is 12.1 Å². The molecule has 0 aromatic carbocycles. The van der Waals surface area contributed by atoms with Gasteiger partial charge in [0.05, 0.1) is 12.5 Å². The van der Waals surface area contributed by atoms with Gasteiger partial charge in [0, 0.05) is 11.9 Å². The van der Waals surface area contributed by atoms with E-state index in [1.807, 2.05) is 0 Å². The number of esters is 1. The average Bonchev–Trinajstić information content (AvgIpc) is 2.84. The predicted molar refractivity (Wildman–Crippen MR) is 76.4 cm³/mol. The van der Waals surface area contributed by atoms with E-state index in [-0.39, 0.29) is 19.6 Å². The number of nitrogens with zero attached hydrogens (tertiary/aromatic N) is 2. The number of piperidine rings is 1. The van der Waals surface area contributed by atoms with Crippen molar-refractivity contribution in [2.45, 2.75) is 32.0 Å². The summed E-state index contributed by atoms with van der Waals surface area (Å²) in [6, 6.07) is -1.71. The first-order valence-electron chi connectivity index (χ1n) is 6.44. The second-order valence-corrected chi connectivity index (χ2v) is 6.33. The molecule has 0 N–H and O–H groups in total. The summed E-state index contributed by atoms with van der Waals surface area (Å²) in [5.41, 5.74) is 0. The molecule has 118 valence electrons. The van der Waals surface area contributed by atoms with Gasteiger partial charge in [0.2, 0.25) is 0 Å². The van der Waals surface area contributed by atoms with E-state index >= 15 is 0 Å². The molecular weight excluding hydrogens is 373 g/mol. The molecule has 0 radical (unpaired) electrons. The Balaban J connectivity index is 2.18. The maximum atomic E-state index is 13.3. The minimum Gasteiger partial charge on any atom is -0.466 e. The molecule has 2 heterocycles. The Morgan fingerprint density at radius 3 is 2.86 bits per heavy atom. The quantitative estimate of drug-likeness (QED) is 0.744. The van der Waals surface area contributed by atoms with Gasteiger partial charge < -0.3 is 9.64 Å². The van der Waals surface area contributed by atoms with E-state index < -0.39 is 24.1 Å². The zero-order valence-corrected chi connectivity index (χ0v) is 13.6. The Labute approximate surface area is 132 Å². The van der Waals surface area contributed by atoms with Crippen molar-refractivity contribution in [3.05, 3.63) is 9.98 Å². The van der Waals surface area contributed by atoms with Gasteiger partial charge in [-0.1, -0.05) is 0 Å². The molecule has 0 aliphatic carbocycles. The molecule has 1 saturated heterocycles. The van der Waals surface area contributed by atoms with Gasteiger partial charge in [-0.3, -0.25) is 4.79 Å². The van der Waals surface area contributed by atoms with Crippen LogP contribution in [0.2, 0.25) is 0 Å². The van der Waals surface area contributed by atoms with Crippen LogP contribution in [-0.4, -0.2) is 36.3 Å². The van der Waals surface area contributed by atoms with E-state index in [1.54, 1.807) is 12.3 Å². The van der Waals surface area contributed by atoms with Crippen molar-refractivity contribution in [3.63, 3.8) is 0 Å². The Hall–Kier alpha value is -0.830. The van der Waals surface area contributed by atoms with E-state index in [1.165, 1.54) is 4.90 Å². The van der Waals surface area contributed by atoms with Crippen molar-refractivity contribution >= 4 is 38.4 Å². The van der Waals surface area contributed by atoms with Crippen LogP contribution in [-0.2, 0) is 9.53 Å². The normalized spacial score (nSPS) is 23.2. The first-order chi connectivity index (χ1) is 9.82. The van der Waals surface area contributed by atoms with E-state index in [4.69, 9.17) is 4.74 Å². The SMILES string of the molecule is CCOC(=O)[C@H]1CCN(c2nc(Br)cs2)[C@@H](C(F)(F)F)C1. The lowest BCUT2D eigenvalue weighted by atomic mass is 9.91. The van der Waals surface area contributed by atoms with Crippen molar-refractivity contribution in [3.8, 4) is 0 Å². The number of carbonyl (C=O) groups is 1. The van der Waals surface area contributed by atoms with E-state index in [9.17, 15) is 18.0 Å². The summed E-state index contributed by atoms with van der Waals surface area (Å²) in [7, 11) is 0. The van der Waals surface area contributed by atoms with Crippen LogP contribution in [0.25, 0.3) is 0 Å². The molecular formula is C12H14BrF3N2O2S. The fourth-order valence-electron chi connectivity index (χ4n) is 2.36. The lowest BCUT2D eigenvalue weighted by Gasteiger charge is -2.39. The van der Waals surface area contributed by atoms with Crippen LogP contribution in [0.15, 0.2) is 9.98 Å². The highest BCUT2D eigenvalue weighted by Gasteiger charge is 2.49. The predicted octanol–water partition coefficient (Wildman–Crippen LogP) is 3.62. The number of thiazole rings is 1. The minimum atomic E-state index is -4.41. The Kier molecular flexibility index (Phi) is 5.13. The standard InChI is InChI=1S/C12H14BrF3N2O2S/c1-2-20-10(19)7-3-4-18(8(5-7)12(14,15)16)11-17-9(13)6-21-11/h6-8H,2-5H2,1H3/t7-,8+/m0/s1. The smallest absolute Gasteiger partial charge is 0.408 e. The first kappa shape index (κ1) is 16.5. The third-order valence-electron chi connectivity index (χ3n) is 3.31. The number of anilines is 1. The van der Waals surface area contributed by atoms with Crippen LogP contribution in [0.3, 0.4) is 0 Å². The molecule has 1 aromatic rings. The first-order valence-corrected chi connectivity index (χ1v) is 8.11. The molecule has 2 atom stereocenters. The van der Waals surface area contributed by atoms with Crippen molar-refractivity contribution in [1.29, 1.82) is 0 Å². The fourth-order valence-corrected chi connectivity index (χ4v) is 3.68. The maximum Gasteiger partial charge on any atom is 0.408 e. The van der Waals surface area contributed by atoms with Crippen LogP contribution in [0.1, 0.15) is 19.8 Å². The molecule has 0 unspecified atom stereocenters. The lowest BCUT2D eigenvalue weighted by Crippen LogP contribution is -2.52. The lowest BCUT2D eigenvalue weighted by molar-refractivity contribution is -0.164. The number of ether oxygens (including phenoxy) is 1. The summed E-state index contributed by atoms with van der Waals surface area (Å²) < 4.78 is 45.2. The van der Waals surface area contributed by atoms with Crippen LogP contribution < -0.4 is 4.90 Å². The highest BCUT2D eigenvalue weighted by molar-refractivity contribution is 9.10. The van der Waals surface area contributed by atoms with Gasteiger partial charge in [0.15, 0.2) is 5.13 Å². The molecule has 1 fully saturated rings. The minimum absolute atomic E-state index is 0.133. The molecule has 0 spiro atoms. The number of aromatic nitrogens is 1. The summed E-state index contributed by atoms with van der Waals surface area (Å²) in [5.74, 6) is -1.26. The molecule has 0 amide bonds. The Morgan fingerprint density at radius 1 is 1.62 bits per heavy atom. The zero-order valence-electron chi connectivity index (χ0n) is 11.2. The third-order valence-corrected chi connectivity index (χ3v) is 4.90.